The number of aromatic nitrogens is 2. The summed E-state index contributed by atoms with van der Waals surface area (Å²) >= 11 is 0. The van der Waals surface area contributed by atoms with Crippen molar-refractivity contribution in [2.24, 2.45) is 12.8 Å². The van der Waals surface area contributed by atoms with E-state index in [-0.39, 0.29) is 11.9 Å². The lowest BCUT2D eigenvalue weighted by atomic mass is 10.1. The Kier molecular flexibility index (Phi) is 2.73. The van der Waals surface area contributed by atoms with Crippen LogP contribution in [-0.4, -0.2) is 39.5 Å². The van der Waals surface area contributed by atoms with Crippen LogP contribution in [0, 0.1) is 0 Å². The highest BCUT2D eigenvalue weighted by molar-refractivity contribution is 5.92. The Morgan fingerprint density at radius 1 is 1.67 bits per heavy atom. The van der Waals surface area contributed by atoms with E-state index < -0.39 is 0 Å². The Morgan fingerprint density at radius 2 is 2.47 bits per heavy atom. The molecular formula is C10H16N4O. The van der Waals surface area contributed by atoms with Crippen LogP contribution in [0.5, 0.6) is 0 Å². The number of nitrogens with two attached hydrogens (primary N) is 1. The van der Waals surface area contributed by atoms with Gasteiger partial charge in [0.2, 0.25) is 0 Å². The van der Waals surface area contributed by atoms with Gasteiger partial charge in [-0.15, -0.1) is 0 Å². The van der Waals surface area contributed by atoms with Crippen molar-refractivity contribution >= 4 is 5.91 Å². The topological polar surface area (TPSA) is 64.2 Å². The smallest absolute Gasteiger partial charge is 0.272 e. The maximum Gasteiger partial charge on any atom is 0.272 e. The van der Waals surface area contributed by atoms with Crippen LogP contribution in [0.3, 0.4) is 0 Å². The number of hydrogen-bond donors (Lipinski definition) is 1. The minimum atomic E-state index is 0.0325. The Bertz CT molecular complexity index is 360. The fourth-order valence-electron chi connectivity index (χ4n) is 1.92. The third-order valence-corrected chi connectivity index (χ3v) is 2.78. The van der Waals surface area contributed by atoms with Gasteiger partial charge in [-0.2, -0.15) is 0 Å². The lowest BCUT2D eigenvalue weighted by molar-refractivity contribution is 0.0699. The molecule has 0 aliphatic carbocycles. The van der Waals surface area contributed by atoms with E-state index in [0.717, 1.165) is 19.4 Å². The van der Waals surface area contributed by atoms with Gasteiger partial charge >= 0.3 is 0 Å². The molecule has 0 bridgehead atoms. The summed E-state index contributed by atoms with van der Waals surface area (Å²) < 4.78 is 1.74. The maximum atomic E-state index is 12.0. The molecule has 2 heterocycles. The molecule has 1 aliphatic rings. The first-order valence-electron chi connectivity index (χ1n) is 5.19. The molecule has 5 nitrogen and oxygen atoms in total. The fraction of sp³-hybridized carbons (Fsp3) is 0.600. The summed E-state index contributed by atoms with van der Waals surface area (Å²) in [5, 5.41) is 0. The zero-order chi connectivity index (χ0) is 10.8. The minimum Gasteiger partial charge on any atom is -0.336 e. The third-order valence-electron chi connectivity index (χ3n) is 2.78. The van der Waals surface area contributed by atoms with Crippen molar-refractivity contribution < 1.29 is 4.79 Å². The van der Waals surface area contributed by atoms with Crippen molar-refractivity contribution in [2.45, 2.75) is 18.9 Å². The molecule has 0 saturated carbocycles. The second kappa shape index (κ2) is 4.02. The normalized spacial score (nSPS) is 21.7. The molecule has 0 aromatic carbocycles. The molecule has 1 atom stereocenters. The second-order valence-corrected chi connectivity index (χ2v) is 4.04. The van der Waals surface area contributed by atoms with Crippen molar-refractivity contribution in [1.29, 1.82) is 0 Å². The molecular weight excluding hydrogens is 192 g/mol. The molecule has 82 valence electrons. The van der Waals surface area contributed by atoms with E-state index in [9.17, 15) is 4.79 Å². The van der Waals surface area contributed by atoms with Crippen LogP contribution in [0.25, 0.3) is 0 Å². The van der Waals surface area contributed by atoms with Crippen molar-refractivity contribution in [3.8, 4) is 0 Å². The number of likely N-dealkylation sites (tertiary alicyclic amines) is 1. The predicted octanol–water partition coefficient (Wildman–Crippen LogP) is -0.0166. The summed E-state index contributed by atoms with van der Waals surface area (Å²) in [5.41, 5.74) is 6.47. The van der Waals surface area contributed by atoms with Gasteiger partial charge in [0.15, 0.2) is 0 Å². The van der Waals surface area contributed by atoms with Crippen molar-refractivity contribution in [2.75, 3.05) is 13.1 Å². The highest BCUT2D eigenvalue weighted by Gasteiger charge is 2.23. The minimum absolute atomic E-state index is 0.0325. The summed E-state index contributed by atoms with van der Waals surface area (Å²) in [6.07, 6.45) is 5.24. The molecule has 1 aromatic rings. The second-order valence-electron chi connectivity index (χ2n) is 4.04. The average molecular weight is 208 g/mol. The highest BCUT2D eigenvalue weighted by Crippen LogP contribution is 2.11. The number of piperidine rings is 1. The summed E-state index contributed by atoms with van der Waals surface area (Å²) in [7, 11) is 1.82. The molecule has 15 heavy (non-hydrogen) atoms. The number of imidazole rings is 1. The van der Waals surface area contributed by atoms with Gasteiger partial charge < -0.3 is 15.2 Å². The maximum absolute atomic E-state index is 12.0. The van der Waals surface area contributed by atoms with Gasteiger partial charge in [-0.25, -0.2) is 4.98 Å². The molecule has 1 unspecified atom stereocenters. The van der Waals surface area contributed by atoms with Crippen LogP contribution in [0.15, 0.2) is 12.5 Å². The molecule has 0 spiro atoms. The number of hydrogen-bond acceptors (Lipinski definition) is 3. The fourth-order valence-corrected chi connectivity index (χ4v) is 1.92. The Labute approximate surface area is 88.9 Å². The van der Waals surface area contributed by atoms with E-state index in [2.05, 4.69) is 4.98 Å². The largest absolute Gasteiger partial charge is 0.336 e. The van der Waals surface area contributed by atoms with Crippen LogP contribution < -0.4 is 5.73 Å². The molecule has 1 saturated heterocycles. The number of carbonyl (C=O) groups excluding carboxylic acids is 1. The summed E-state index contributed by atoms with van der Waals surface area (Å²) in [5.74, 6) is 0.0325. The molecule has 1 aromatic heterocycles. The van der Waals surface area contributed by atoms with E-state index in [1.165, 1.54) is 0 Å². The predicted molar refractivity (Wildman–Crippen MR) is 56.3 cm³/mol. The van der Waals surface area contributed by atoms with Crippen LogP contribution >= 0.6 is 0 Å². The van der Waals surface area contributed by atoms with Crippen LogP contribution in [0.1, 0.15) is 23.3 Å². The first-order chi connectivity index (χ1) is 7.18. The summed E-state index contributed by atoms with van der Waals surface area (Å²) in [6, 6.07) is 0.121. The summed E-state index contributed by atoms with van der Waals surface area (Å²) in [4.78, 5) is 17.8. The number of amides is 1. The van der Waals surface area contributed by atoms with Crippen molar-refractivity contribution in [1.82, 2.24) is 14.5 Å². The van der Waals surface area contributed by atoms with Gasteiger partial charge in [-0.1, -0.05) is 0 Å². The molecule has 5 heteroatoms. The molecule has 1 fully saturated rings. The van der Waals surface area contributed by atoms with Gasteiger partial charge in [0.1, 0.15) is 5.69 Å². The average Bonchev–Trinajstić information content (AvgIpc) is 2.63. The standard InChI is InChI=1S/C10H16N4O/c1-13-7-12-5-9(13)10(15)14-4-2-3-8(11)6-14/h5,7-8H,2-4,6,11H2,1H3. The quantitative estimate of drug-likeness (QED) is 0.705. The lowest BCUT2D eigenvalue weighted by Gasteiger charge is -2.30. The Hall–Kier alpha value is -1.36. The number of aryl methyl sites for hydroxylation is 1. The number of carbonyl (C=O) groups is 1. The van der Waals surface area contributed by atoms with Gasteiger partial charge in [0.05, 0.1) is 12.5 Å². The number of nitrogens with zero attached hydrogens (tertiary/aromatic N) is 3. The zero-order valence-electron chi connectivity index (χ0n) is 8.89. The molecule has 1 amide bonds. The third kappa shape index (κ3) is 2.02. The number of rotatable bonds is 1. The van der Waals surface area contributed by atoms with E-state index in [0.29, 0.717) is 12.2 Å². The van der Waals surface area contributed by atoms with Gasteiger partial charge in [-0.3, -0.25) is 4.79 Å². The Balaban J connectivity index is 2.11. The van der Waals surface area contributed by atoms with E-state index in [4.69, 9.17) is 5.73 Å². The highest BCUT2D eigenvalue weighted by atomic mass is 16.2. The zero-order valence-corrected chi connectivity index (χ0v) is 8.89. The first kappa shape index (κ1) is 10.2. The molecule has 1 aliphatic heterocycles. The molecule has 0 radical (unpaired) electrons. The van der Waals surface area contributed by atoms with Crippen molar-refractivity contribution in [3.05, 3.63) is 18.2 Å². The van der Waals surface area contributed by atoms with E-state index in [1.54, 1.807) is 17.1 Å². The SMILES string of the molecule is Cn1cncc1C(=O)N1CCCC(N)C1. The van der Waals surface area contributed by atoms with Crippen LogP contribution in [-0.2, 0) is 7.05 Å². The van der Waals surface area contributed by atoms with Crippen LogP contribution in [0.2, 0.25) is 0 Å². The lowest BCUT2D eigenvalue weighted by Crippen LogP contribution is -2.46. The van der Waals surface area contributed by atoms with Crippen LogP contribution in [0.4, 0.5) is 0 Å². The van der Waals surface area contributed by atoms with Gasteiger partial charge in [0, 0.05) is 26.2 Å². The Morgan fingerprint density at radius 3 is 3.07 bits per heavy atom. The monoisotopic (exact) mass is 208 g/mol. The van der Waals surface area contributed by atoms with Crippen molar-refractivity contribution in [3.63, 3.8) is 0 Å². The molecule has 2 rings (SSSR count). The van der Waals surface area contributed by atoms with E-state index in [1.807, 2.05) is 11.9 Å². The first-order valence-corrected chi connectivity index (χ1v) is 5.19. The van der Waals surface area contributed by atoms with Gasteiger partial charge in [-0.05, 0) is 12.8 Å². The van der Waals surface area contributed by atoms with Gasteiger partial charge in [0.25, 0.3) is 5.91 Å². The molecule has 2 N–H and O–H groups in total. The summed E-state index contributed by atoms with van der Waals surface area (Å²) in [6.45, 7) is 1.46. The van der Waals surface area contributed by atoms with E-state index >= 15 is 0 Å².